The normalized spacial score (nSPS) is 10.6. The van der Waals surface area contributed by atoms with Crippen molar-refractivity contribution in [1.82, 2.24) is 0 Å². The zero-order valence-electron chi connectivity index (χ0n) is 11.8. The van der Waals surface area contributed by atoms with E-state index in [0.29, 0.717) is 0 Å². The minimum atomic E-state index is 1.05. The van der Waals surface area contributed by atoms with Gasteiger partial charge in [0.25, 0.3) is 0 Å². The van der Waals surface area contributed by atoms with Crippen molar-refractivity contribution >= 4 is 0 Å². The lowest BCUT2D eigenvalue weighted by atomic mass is 9.92. The van der Waals surface area contributed by atoms with Gasteiger partial charge in [-0.25, -0.2) is 0 Å². The number of hydrogen-bond acceptors (Lipinski definition) is 0. The SMILES string of the molecule is [CH]=CCCCCCc1cc(C)c(C)c(C)c1C. The highest BCUT2D eigenvalue weighted by atomic mass is 14.1. The second kappa shape index (κ2) is 6.64. The lowest BCUT2D eigenvalue weighted by Crippen LogP contribution is -1.98. The minimum absolute atomic E-state index is 1.05. The number of aryl methyl sites for hydroxylation is 2. The molecule has 93 valence electrons. The van der Waals surface area contributed by atoms with Crippen molar-refractivity contribution in [2.45, 2.75) is 59.8 Å². The summed E-state index contributed by atoms with van der Waals surface area (Å²) in [5, 5.41) is 0. The highest BCUT2D eigenvalue weighted by molar-refractivity contribution is 5.43. The zero-order valence-corrected chi connectivity index (χ0v) is 11.8. The number of hydrogen-bond donors (Lipinski definition) is 0. The third kappa shape index (κ3) is 3.73. The average Bonchev–Trinajstić information content (AvgIpc) is 2.32. The van der Waals surface area contributed by atoms with Crippen molar-refractivity contribution in [2.24, 2.45) is 0 Å². The zero-order chi connectivity index (χ0) is 12.8. The van der Waals surface area contributed by atoms with E-state index in [1.54, 1.807) is 6.08 Å². The quantitative estimate of drug-likeness (QED) is 0.601. The molecule has 0 spiro atoms. The summed E-state index contributed by atoms with van der Waals surface area (Å²) in [6, 6.07) is 2.37. The molecule has 0 bridgehead atoms. The van der Waals surface area contributed by atoms with E-state index in [2.05, 4.69) is 33.8 Å². The molecule has 0 aliphatic rings. The minimum Gasteiger partial charge on any atom is -0.0845 e. The summed E-state index contributed by atoms with van der Waals surface area (Å²) in [7, 11) is 0. The third-order valence-electron chi connectivity index (χ3n) is 3.91. The Bertz CT molecular complexity index is 386. The molecule has 1 aromatic carbocycles. The van der Waals surface area contributed by atoms with E-state index >= 15 is 0 Å². The number of rotatable bonds is 6. The monoisotopic (exact) mass is 229 g/mol. The molecular formula is C17H25. The maximum Gasteiger partial charge on any atom is -0.0276 e. The molecule has 1 radical (unpaired) electrons. The summed E-state index contributed by atoms with van der Waals surface area (Å²) >= 11 is 0. The van der Waals surface area contributed by atoms with E-state index in [4.69, 9.17) is 6.58 Å². The molecule has 0 heterocycles. The van der Waals surface area contributed by atoms with Crippen molar-refractivity contribution in [1.29, 1.82) is 0 Å². The summed E-state index contributed by atoms with van der Waals surface area (Å²) in [6.45, 7) is 14.3. The Morgan fingerprint density at radius 3 is 2.29 bits per heavy atom. The molecule has 0 nitrogen and oxygen atoms in total. The van der Waals surface area contributed by atoms with E-state index in [1.165, 1.54) is 53.5 Å². The van der Waals surface area contributed by atoms with Crippen molar-refractivity contribution in [2.75, 3.05) is 0 Å². The van der Waals surface area contributed by atoms with E-state index < -0.39 is 0 Å². The predicted molar refractivity (Wildman–Crippen MR) is 76.4 cm³/mol. The van der Waals surface area contributed by atoms with Crippen LogP contribution in [0.1, 0.15) is 53.5 Å². The van der Waals surface area contributed by atoms with Crippen molar-refractivity contribution < 1.29 is 0 Å². The van der Waals surface area contributed by atoms with Crippen LogP contribution in [0.3, 0.4) is 0 Å². The Labute approximate surface area is 107 Å². The summed E-state index contributed by atoms with van der Waals surface area (Å²) in [5.74, 6) is 0. The Hall–Kier alpha value is -1.04. The molecule has 1 aromatic rings. The van der Waals surface area contributed by atoms with Crippen LogP contribution < -0.4 is 0 Å². The summed E-state index contributed by atoms with van der Waals surface area (Å²) in [4.78, 5) is 0. The Morgan fingerprint density at radius 2 is 1.65 bits per heavy atom. The molecular weight excluding hydrogens is 204 g/mol. The highest BCUT2D eigenvalue weighted by Gasteiger charge is 2.06. The molecule has 0 saturated carbocycles. The van der Waals surface area contributed by atoms with Gasteiger partial charge in [-0.05, 0) is 81.2 Å². The molecule has 0 heteroatoms. The van der Waals surface area contributed by atoms with Gasteiger partial charge in [-0.2, -0.15) is 0 Å². The summed E-state index contributed by atoms with van der Waals surface area (Å²) in [5.41, 5.74) is 7.36. The van der Waals surface area contributed by atoms with E-state index in [1.807, 2.05) is 0 Å². The molecule has 0 saturated heterocycles. The molecule has 17 heavy (non-hydrogen) atoms. The van der Waals surface area contributed by atoms with E-state index in [0.717, 1.165) is 6.42 Å². The standard InChI is InChI=1S/C17H25/c1-6-7-8-9-10-11-17-12-13(2)14(3)15(4)16(17)5/h1,6,12H,7-11H2,2-5H3. The fourth-order valence-electron chi connectivity index (χ4n) is 2.31. The van der Waals surface area contributed by atoms with Gasteiger partial charge in [0.2, 0.25) is 0 Å². The molecule has 0 fully saturated rings. The summed E-state index contributed by atoms with van der Waals surface area (Å²) < 4.78 is 0. The summed E-state index contributed by atoms with van der Waals surface area (Å²) in [6.07, 6.45) is 7.80. The largest absolute Gasteiger partial charge is 0.0845 e. The molecule has 0 unspecified atom stereocenters. The first kappa shape index (κ1) is 14.0. The lowest BCUT2D eigenvalue weighted by Gasteiger charge is -2.14. The van der Waals surface area contributed by atoms with Crippen LogP contribution in [0.4, 0.5) is 0 Å². The van der Waals surface area contributed by atoms with Crippen molar-refractivity contribution in [3.8, 4) is 0 Å². The highest BCUT2D eigenvalue weighted by Crippen LogP contribution is 2.22. The maximum atomic E-state index is 5.38. The van der Waals surface area contributed by atoms with Crippen LogP contribution in [0, 0.1) is 34.3 Å². The van der Waals surface area contributed by atoms with Crippen LogP contribution in [-0.2, 0) is 6.42 Å². The second-order valence-electron chi connectivity index (χ2n) is 5.06. The van der Waals surface area contributed by atoms with Crippen LogP contribution in [0.25, 0.3) is 0 Å². The number of allylic oxidation sites excluding steroid dienone is 1. The topological polar surface area (TPSA) is 0 Å². The maximum absolute atomic E-state index is 5.38. The smallest absolute Gasteiger partial charge is 0.0276 e. The number of benzene rings is 1. The predicted octanol–water partition coefficient (Wildman–Crippen LogP) is 5.01. The van der Waals surface area contributed by atoms with Crippen molar-refractivity contribution in [3.05, 3.63) is 46.5 Å². The average molecular weight is 229 g/mol. The van der Waals surface area contributed by atoms with Crippen LogP contribution >= 0.6 is 0 Å². The number of unbranched alkanes of at least 4 members (excludes halogenated alkanes) is 3. The molecule has 0 aromatic heterocycles. The Balaban J connectivity index is 2.62. The van der Waals surface area contributed by atoms with Gasteiger partial charge in [0.05, 0.1) is 0 Å². The second-order valence-corrected chi connectivity index (χ2v) is 5.06. The Morgan fingerprint density at radius 1 is 0.941 bits per heavy atom. The molecule has 0 N–H and O–H groups in total. The first-order valence-electron chi connectivity index (χ1n) is 6.67. The first-order chi connectivity index (χ1) is 8.07. The van der Waals surface area contributed by atoms with Crippen LogP contribution in [0.2, 0.25) is 0 Å². The van der Waals surface area contributed by atoms with Gasteiger partial charge in [0.15, 0.2) is 0 Å². The fourth-order valence-corrected chi connectivity index (χ4v) is 2.31. The van der Waals surface area contributed by atoms with Gasteiger partial charge in [0, 0.05) is 0 Å². The fraction of sp³-hybridized carbons (Fsp3) is 0.529. The van der Waals surface area contributed by atoms with Gasteiger partial charge in [0.1, 0.15) is 0 Å². The van der Waals surface area contributed by atoms with Crippen LogP contribution in [0.5, 0.6) is 0 Å². The molecule has 0 aliphatic heterocycles. The van der Waals surface area contributed by atoms with Gasteiger partial charge in [-0.15, -0.1) is 0 Å². The Kier molecular flexibility index (Phi) is 5.47. The van der Waals surface area contributed by atoms with Gasteiger partial charge >= 0.3 is 0 Å². The molecule has 0 atom stereocenters. The third-order valence-corrected chi connectivity index (χ3v) is 3.91. The van der Waals surface area contributed by atoms with Crippen molar-refractivity contribution in [3.63, 3.8) is 0 Å². The lowest BCUT2D eigenvalue weighted by molar-refractivity contribution is 0.685. The molecule has 0 amide bonds. The van der Waals surface area contributed by atoms with E-state index in [9.17, 15) is 0 Å². The van der Waals surface area contributed by atoms with Gasteiger partial charge in [-0.3, -0.25) is 0 Å². The van der Waals surface area contributed by atoms with Crippen LogP contribution in [0.15, 0.2) is 12.1 Å². The molecule has 1 rings (SSSR count). The van der Waals surface area contributed by atoms with E-state index in [-0.39, 0.29) is 0 Å². The van der Waals surface area contributed by atoms with Crippen LogP contribution in [-0.4, -0.2) is 0 Å². The van der Waals surface area contributed by atoms with Gasteiger partial charge < -0.3 is 0 Å². The molecule has 0 aliphatic carbocycles. The van der Waals surface area contributed by atoms with Gasteiger partial charge in [-0.1, -0.05) is 25.1 Å². The first-order valence-corrected chi connectivity index (χ1v) is 6.67.